The lowest BCUT2D eigenvalue weighted by Gasteiger charge is -1.97. The first-order chi connectivity index (χ1) is 6.27. The van der Waals surface area contributed by atoms with Crippen LogP contribution in [0.2, 0.25) is 0 Å². The van der Waals surface area contributed by atoms with Crippen molar-refractivity contribution >= 4 is 24.2 Å². The van der Waals surface area contributed by atoms with Gasteiger partial charge in [-0.2, -0.15) is 12.6 Å². The van der Waals surface area contributed by atoms with Crippen LogP contribution in [0.4, 0.5) is 4.39 Å². The Bertz CT molecular complexity index is 352. The Morgan fingerprint density at radius 1 is 1.46 bits per heavy atom. The van der Waals surface area contributed by atoms with Crippen molar-refractivity contribution in [3.8, 4) is 11.8 Å². The van der Waals surface area contributed by atoms with E-state index in [1.54, 1.807) is 12.1 Å². The predicted molar refractivity (Wildman–Crippen MR) is 56.7 cm³/mol. The molecule has 0 amide bonds. The molecule has 0 heterocycles. The Morgan fingerprint density at radius 2 is 2.23 bits per heavy atom. The van der Waals surface area contributed by atoms with Crippen molar-refractivity contribution in [1.82, 2.24) is 0 Å². The molecule has 0 nitrogen and oxygen atoms in total. The van der Waals surface area contributed by atoms with Gasteiger partial charge in [0.05, 0.1) is 11.6 Å². The maximum atomic E-state index is 13.1. The molecule has 0 bridgehead atoms. The Kier molecular flexibility index (Phi) is 4.14. The van der Waals surface area contributed by atoms with Gasteiger partial charge in [-0.3, -0.25) is 0 Å². The first-order valence-corrected chi connectivity index (χ1v) is 4.88. The van der Waals surface area contributed by atoms with Crippen LogP contribution in [0.1, 0.15) is 11.1 Å². The van der Waals surface area contributed by atoms with Gasteiger partial charge in [0.15, 0.2) is 0 Å². The quantitative estimate of drug-likeness (QED) is 0.415. The van der Waals surface area contributed by atoms with Crippen molar-refractivity contribution in [3.63, 3.8) is 0 Å². The highest BCUT2D eigenvalue weighted by molar-refractivity contribution is 7.80. The van der Waals surface area contributed by atoms with E-state index in [1.807, 2.05) is 0 Å². The van der Waals surface area contributed by atoms with Crippen LogP contribution in [0.5, 0.6) is 0 Å². The molecule has 0 atom stereocenters. The normalized spacial score (nSPS) is 9.15. The van der Waals surface area contributed by atoms with Crippen molar-refractivity contribution < 1.29 is 4.39 Å². The Labute approximate surface area is 87.5 Å². The van der Waals surface area contributed by atoms with Gasteiger partial charge in [-0.05, 0) is 12.1 Å². The molecule has 0 aromatic heterocycles. The second kappa shape index (κ2) is 5.16. The molecular weight excluding hydrogens is 207 g/mol. The summed E-state index contributed by atoms with van der Waals surface area (Å²) in [5.41, 5.74) is 1.15. The highest BCUT2D eigenvalue weighted by Gasteiger charge is 1.99. The Hall–Kier alpha value is -0.650. The molecule has 1 aromatic carbocycles. The zero-order valence-corrected chi connectivity index (χ0v) is 8.50. The van der Waals surface area contributed by atoms with E-state index in [-0.39, 0.29) is 11.7 Å². The van der Waals surface area contributed by atoms with Crippen LogP contribution < -0.4 is 0 Å². The summed E-state index contributed by atoms with van der Waals surface area (Å²) in [6.45, 7) is 0. The summed E-state index contributed by atoms with van der Waals surface area (Å²) >= 11 is 9.43. The van der Waals surface area contributed by atoms with Gasteiger partial charge in [0.25, 0.3) is 0 Å². The zero-order valence-electron chi connectivity index (χ0n) is 6.85. The topological polar surface area (TPSA) is 0 Å². The minimum atomic E-state index is -0.305. The molecule has 13 heavy (non-hydrogen) atoms. The molecule has 0 aliphatic carbocycles. The largest absolute Gasteiger partial charge is 0.207 e. The maximum Gasteiger partial charge on any atom is 0.128 e. The smallest absolute Gasteiger partial charge is 0.128 e. The summed E-state index contributed by atoms with van der Waals surface area (Å²) < 4.78 is 13.1. The van der Waals surface area contributed by atoms with Gasteiger partial charge in [-0.25, -0.2) is 4.39 Å². The van der Waals surface area contributed by atoms with Gasteiger partial charge >= 0.3 is 0 Å². The molecule has 0 fully saturated rings. The number of halogens is 2. The summed E-state index contributed by atoms with van der Waals surface area (Å²) in [6.07, 6.45) is 0. The molecule has 0 N–H and O–H groups in total. The van der Waals surface area contributed by atoms with Gasteiger partial charge in [0.2, 0.25) is 0 Å². The summed E-state index contributed by atoms with van der Waals surface area (Å²) in [4.78, 5) is 0. The number of hydrogen-bond acceptors (Lipinski definition) is 1. The average molecular weight is 215 g/mol. The lowest BCUT2D eigenvalue weighted by molar-refractivity contribution is 0.616. The lowest BCUT2D eigenvalue weighted by atomic mass is 10.1. The van der Waals surface area contributed by atoms with Crippen LogP contribution in [-0.4, -0.2) is 5.75 Å². The molecule has 0 spiro atoms. The van der Waals surface area contributed by atoms with Gasteiger partial charge in [0, 0.05) is 11.1 Å². The van der Waals surface area contributed by atoms with Crippen LogP contribution >= 0.6 is 24.2 Å². The van der Waals surface area contributed by atoms with E-state index < -0.39 is 0 Å². The van der Waals surface area contributed by atoms with Crippen molar-refractivity contribution in [3.05, 3.63) is 35.1 Å². The molecule has 0 saturated carbocycles. The van der Waals surface area contributed by atoms with Gasteiger partial charge in [-0.15, -0.1) is 11.6 Å². The molecular formula is C10H8ClFS. The van der Waals surface area contributed by atoms with Crippen molar-refractivity contribution in [2.75, 3.05) is 5.75 Å². The molecule has 3 heteroatoms. The molecule has 1 rings (SSSR count). The Morgan fingerprint density at radius 3 is 2.77 bits per heavy atom. The number of thiol groups is 1. The van der Waals surface area contributed by atoms with Crippen LogP contribution in [0.15, 0.2) is 18.2 Å². The maximum absolute atomic E-state index is 13.1. The SMILES string of the molecule is Fc1cc(C#CCS)ccc1CCl. The number of benzene rings is 1. The van der Waals surface area contributed by atoms with Crippen LogP contribution in [0.25, 0.3) is 0 Å². The first-order valence-electron chi connectivity index (χ1n) is 3.72. The molecule has 0 saturated heterocycles. The fraction of sp³-hybridized carbons (Fsp3) is 0.200. The highest BCUT2D eigenvalue weighted by Crippen LogP contribution is 2.11. The van der Waals surface area contributed by atoms with E-state index in [4.69, 9.17) is 11.6 Å². The van der Waals surface area contributed by atoms with Crippen LogP contribution in [0.3, 0.4) is 0 Å². The average Bonchev–Trinajstić information content (AvgIpc) is 2.15. The minimum Gasteiger partial charge on any atom is -0.207 e. The first kappa shape index (κ1) is 10.4. The Balaban J connectivity index is 2.96. The third kappa shape index (κ3) is 2.95. The van der Waals surface area contributed by atoms with E-state index in [0.29, 0.717) is 16.9 Å². The standard InChI is InChI=1S/C10H8ClFS/c11-7-9-4-3-8(2-1-5-13)6-10(9)12/h3-4,6,13H,5,7H2. The summed E-state index contributed by atoms with van der Waals surface area (Å²) in [5, 5.41) is 0. The highest BCUT2D eigenvalue weighted by atomic mass is 35.5. The monoisotopic (exact) mass is 214 g/mol. The lowest BCUT2D eigenvalue weighted by Crippen LogP contribution is -1.87. The number of rotatable bonds is 1. The summed E-state index contributed by atoms with van der Waals surface area (Å²) in [5.74, 6) is 5.87. The number of alkyl halides is 1. The summed E-state index contributed by atoms with van der Waals surface area (Å²) in [7, 11) is 0. The van der Waals surface area contributed by atoms with Crippen LogP contribution in [-0.2, 0) is 5.88 Å². The van der Waals surface area contributed by atoms with E-state index in [2.05, 4.69) is 24.5 Å². The van der Waals surface area contributed by atoms with Gasteiger partial charge < -0.3 is 0 Å². The molecule has 0 radical (unpaired) electrons. The van der Waals surface area contributed by atoms with Crippen molar-refractivity contribution in [2.45, 2.75) is 5.88 Å². The molecule has 68 valence electrons. The molecule has 1 aromatic rings. The fourth-order valence-corrected chi connectivity index (χ4v) is 1.17. The van der Waals surface area contributed by atoms with Crippen molar-refractivity contribution in [2.24, 2.45) is 0 Å². The van der Waals surface area contributed by atoms with Gasteiger partial charge in [0.1, 0.15) is 5.82 Å². The molecule has 0 aliphatic heterocycles. The van der Waals surface area contributed by atoms with Crippen molar-refractivity contribution in [1.29, 1.82) is 0 Å². The predicted octanol–water partition coefficient (Wildman–Crippen LogP) is 2.85. The summed E-state index contributed by atoms with van der Waals surface area (Å²) in [6, 6.07) is 4.77. The van der Waals surface area contributed by atoms with E-state index in [0.717, 1.165) is 0 Å². The fourth-order valence-electron chi connectivity index (χ4n) is 0.875. The third-order valence-corrected chi connectivity index (χ3v) is 1.95. The van der Waals surface area contributed by atoms with Gasteiger partial charge in [-0.1, -0.05) is 17.9 Å². The number of hydrogen-bond donors (Lipinski definition) is 1. The molecule has 0 aliphatic rings. The third-order valence-electron chi connectivity index (χ3n) is 1.51. The zero-order chi connectivity index (χ0) is 9.68. The second-order valence-corrected chi connectivity index (χ2v) is 2.98. The van der Waals surface area contributed by atoms with E-state index >= 15 is 0 Å². The molecule has 0 unspecified atom stereocenters. The second-order valence-electron chi connectivity index (χ2n) is 2.40. The van der Waals surface area contributed by atoms with Crippen LogP contribution in [0, 0.1) is 17.7 Å². The van der Waals surface area contributed by atoms with E-state index in [9.17, 15) is 4.39 Å². The van der Waals surface area contributed by atoms with E-state index in [1.165, 1.54) is 6.07 Å². The minimum absolute atomic E-state index is 0.187.